The van der Waals surface area contributed by atoms with Crippen molar-refractivity contribution in [3.8, 4) is 5.75 Å². The fourth-order valence-corrected chi connectivity index (χ4v) is 4.12. The second-order valence-electron chi connectivity index (χ2n) is 7.67. The zero-order valence-corrected chi connectivity index (χ0v) is 16.5. The van der Waals surface area contributed by atoms with Gasteiger partial charge in [0.2, 0.25) is 0 Å². The van der Waals surface area contributed by atoms with Gasteiger partial charge in [0, 0.05) is 19.0 Å². The Morgan fingerprint density at radius 3 is 2.80 bits per heavy atom. The van der Waals surface area contributed by atoms with Crippen LogP contribution < -0.4 is 10.3 Å². The van der Waals surface area contributed by atoms with Gasteiger partial charge in [-0.15, -0.1) is 0 Å². The maximum absolute atomic E-state index is 13.3. The molecule has 1 N–H and O–H groups in total. The summed E-state index contributed by atoms with van der Waals surface area (Å²) in [6, 6.07) is 17.0. The van der Waals surface area contributed by atoms with Crippen LogP contribution in [0, 0.1) is 5.92 Å². The number of nitrogens with zero attached hydrogens (tertiary/aromatic N) is 3. The number of piperidine rings is 1. The quantitative estimate of drug-likeness (QED) is 0.569. The Kier molecular flexibility index (Phi) is 4.71. The molecule has 0 spiro atoms. The van der Waals surface area contributed by atoms with Gasteiger partial charge in [-0.05, 0) is 37.1 Å². The normalized spacial score (nSPS) is 16.8. The van der Waals surface area contributed by atoms with Crippen LogP contribution in [0.3, 0.4) is 0 Å². The molecule has 7 nitrogen and oxygen atoms in total. The van der Waals surface area contributed by atoms with Gasteiger partial charge in [-0.3, -0.25) is 9.59 Å². The van der Waals surface area contributed by atoms with E-state index in [4.69, 9.17) is 4.74 Å². The molecular weight excluding hydrogens is 380 g/mol. The molecule has 1 fully saturated rings. The number of aromatic nitrogens is 3. The average molecular weight is 402 g/mol. The number of H-pyrrole nitrogens is 1. The summed E-state index contributed by atoms with van der Waals surface area (Å²) in [5.74, 6) is 0.998. The summed E-state index contributed by atoms with van der Waals surface area (Å²) in [6.07, 6.45) is 3.49. The molecule has 152 valence electrons. The van der Waals surface area contributed by atoms with Gasteiger partial charge in [-0.25, -0.2) is 4.52 Å². The van der Waals surface area contributed by atoms with E-state index in [0.717, 1.165) is 18.6 Å². The molecule has 2 aromatic carbocycles. The largest absolute Gasteiger partial charge is 0.493 e. The topological polar surface area (TPSA) is 79.7 Å². The monoisotopic (exact) mass is 402 g/mol. The predicted octanol–water partition coefficient (Wildman–Crippen LogP) is 3.11. The molecule has 1 atom stereocenters. The lowest BCUT2D eigenvalue weighted by Crippen LogP contribution is -2.41. The van der Waals surface area contributed by atoms with Gasteiger partial charge in [0.25, 0.3) is 11.5 Å². The first kappa shape index (κ1) is 18.4. The van der Waals surface area contributed by atoms with Crippen LogP contribution in [0.5, 0.6) is 5.75 Å². The van der Waals surface area contributed by atoms with E-state index in [1.54, 1.807) is 16.8 Å². The molecule has 3 heterocycles. The van der Waals surface area contributed by atoms with E-state index in [2.05, 4.69) is 10.1 Å². The summed E-state index contributed by atoms with van der Waals surface area (Å²) in [4.78, 5) is 30.4. The van der Waals surface area contributed by atoms with Gasteiger partial charge >= 0.3 is 0 Å². The standard InChI is InChI=1S/C23H22N4O3/c28-22-18-10-4-5-11-20(18)27-21(25-22)19(13-24-27)23(29)26-12-6-7-16(14-26)15-30-17-8-2-1-3-9-17/h1-5,8-11,13,16H,6-7,12,14-15H2,(H,25,28). The van der Waals surface area contributed by atoms with Crippen molar-refractivity contribution in [2.75, 3.05) is 19.7 Å². The molecule has 1 amide bonds. The molecule has 7 heteroatoms. The first-order valence-corrected chi connectivity index (χ1v) is 10.2. The van der Waals surface area contributed by atoms with Crippen molar-refractivity contribution < 1.29 is 9.53 Å². The number of nitrogens with one attached hydrogen (secondary N) is 1. The lowest BCUT2D eigenvalue weighted by atomic mass is 9.98. The number of amides is 1. The molecular formula is C23H22N4O3. The van der Waals surface area contributed by atoms with Crippen molar-refractivity contribution in [2.24, 2.45) is 5.92 Å². The van der Waals surface area contributed by atoms with E-state index in [0.29, 0.717) is 41.8 Å². The number of fused-ring (bicyclic) bond motifs is 3. The Morgan fingerprint density at radius 1 is 1.13 bits per heavy atom. The molecule has 0 radical (unpaired) electrons. The van der Waals surface area contributed by atoms with E-state index in [1.165, 1.54) is 0 Å². The lowest BCUT2D eigenvalue weighted by molar-refractivity contribution is 0.0635. The van der Waals surface area contributed by atoms with E-state index >= 15 is 0 Å². The van der Waals surface area contributed by atoms with Gasteiger partial charge in [-0.2, -0.15) is 5.10 Å². The van der Waals surface area contributed by atoms with Crippen LogP contribution in [0.15, 0.2) is 65.6 Å². The third kappa shape index (κ3) is 3.32. The number of benzene rings is 2. The Hall–Kier alpha value is -3.61. The first-order valence-electron chi connectivity index (χ1n) is 10.2. The molecule has 30 heavy (non-hydrogen) atoms. The van der Waals surface area contributed by atoms with Gasteiger partial charge in [0.15, 0.2) is 0 Å². The van der Waals surface area contributed by atoms with Crippen molar-refractivity contribution in [2.45, 2.75) is 12.8 Å². The molecule has 5 rings (SSSR count). The minimum absolute atomic E-state index is 0.111. The highest BCUT2D eigenvalue weighted by atomic mass is 16.5. The third-order valence-electron chi connectivity index (χ3n) is 5.64. The molecule has 1 aliphatic rings. The molecule has 1 unspecified atom stereocenters. The van der Waals surface area contributed by atoms with E-state index in [-0.39, 0.29) is 17.4 Å². The van der Waals surface area contributed by atoms with E-state index in [9.17, 15) is 9.59 Å². The first-order chi connectivity index (χ1) is 14.7. The summed E-state index contributed by atoms with van der Waals surface area (Å²) in [7, 11) is 0. The summed E-state index contributed by atoms with van der Waals surface area (Å²) < 4.78 is 7.53. The molecule has 0 bridgehead atoms. The van der Waals surface area contributed by atoms with Gasteiger partial charge < -0.3 is 14.6 Å². The highest BCUT2D eigenvalue weighted by molar-refractivity contribution is 6.00. The lowest BCUT2D eigenvalue weighted by Gasteiger charge is -2.32. The van der Waals surface area contributed by atoms with Crippen LogP contribution in [-0.4, -0.2) is 45.1 Å². The number of likely N-dealkylation sites (tertiary alicyclic amines) is 1. The summed E-state index contributed by atoms with van der Waals surface area (Å²) in [5, 5.41) is 4.92. The fourth-order valence-electron chi connectivity index (χ4n) is 4.12. The molecule has 1 saturated heterocycles. The molecule has 4 aromatic rings. The number of carbonyl (C=O) groups is 1. The number of aromatic amines is 1. The third-order valence-corrected chi connectivity index (χ3v) is 5.64. The zero-order valence-electron chi connectivity index (χ0n) is 16.5. The Balaban J connectivity index is 1.37. The van der Waals surface area contributed by atoms with Crippen LogP contribution in [-0.2, 0) is 0 Å². The van der Waals surface area contributed by atoms with Gasteiger partial charge in [-0.1, -0.05) is 30.3 Å². The Bertz CT molecular complexity index is 1260. The van der Waals surface area contributed by atoms with Crippen molar-refractivity contribution in [1.29, 1.82) is 0 Å². The zero-order chi connectivity index (χ0) is 20.5. The van der Waals surface area contributed by atoms with Crippen LogP contribution in [0.4, 0.5) is 0 Å². The average Bonchev–Trinajstić information content (AvgIpc) is 3.22. The van der Waals surface area contributed by atoms with Gasteiger partial charge in [0.05, 0.1) is 23.7 Å². The number of rotatable bonds is 4. The molecule has 1 aliphatic heterocycles. The minimum Gasteiger partial charge on any atom is -0.493 e. The molecule has 0 aliphatic carbocycles. The minimum atomic E-state index is -0.222. The number of carbonyl (C=O) groups excluding carboxylic acids is 1. The van der Waals surface area contributed by atoms with Crippen LogP contribution in [0.2, 0.25) is 0 Å². The predicted molar refractivity (Wildman–Crippen MR) is 114 cm³/mol. The van der Waals surface area contributed by atoms with E-state index in [1.807, 2.05) is 53.4 Å². The van der Waals surface area contributed by atoms with Gasteiger partial charge in [0.1, 0.15) is 17.0 Å². The maximum atomic E-state index is 13.3. The number of para-hydroxylation sites is 2. The number of ether oxygens (including phenoxy) is 1. The Morgan fingerprint density at radius 2 is 1.93 bits per heavy atom. The second kappa shape index (κ2) is 7.67. The number of hydrogen-bond acceptors (Lipinski definition) is 4. The van der Waals surface area contributed by atoms with Crippen LogP contribution in [0.1, 0.15) is 23.2 Å². The smallest absolute Gasteiger partial charge is 0.259 e. The summed E-state index contributed by atoms with van der Waals surface area (Å²) in [5.41, 5.74) is 1.32. The van der Waals surface area contributed by atoms with E-state index < -0.39 is 0 Å². The fraction of sp³-hybridized carbons (Fsp3) is 0.261. The Labute approximate surface area is 172 Å². The van der Waals surface area contributed by atoms with Crippen molar-refractivity contribution in [3.05, 3.63) is 76.7 Å². The van der Waals surface area contributed by atoms with Crippen LogP contribution in [0.25, 0.3) is 16.6 Å². The summed E-state index contributed by atoms with van der Waals surface area (Å²) in [6.45, 7) is 1.89. The maximum Gasteiger partial charge on any atom is 0.259 e. The van der Waals surface area contributed by atoms with Crippen molar-refractivity contribution in [1.82, 2.24) is 19.5 Å². The van der Waals surface area contributed by atoms with Crippen molar-refractivity contribution in [3.63, 3.8) is 0 Å². The highest BCUT2D eigenvalue weighted by Gasteiger charge is 2.27. The van der Waals surface area contributed by atoms with Crippen LogP contribution >= 0.6 is 0 Å². The van der Waals surface area contributed by atoms with Crippen molar-refractivity contribution >= 4 is 22.5 Å². The highest BCUT2D eigenvalue weighted by Crippen LogP contribution is 2.22. The second-order valence-corrected chi connectivity index (χ2v) is 7.67. The SMILES string of the molecule is O=C(c1cnn2c1[nH]c(=O)c1ccccc12)N1CCCC(COc2ccccc2)C1. The number of hydrogen-bond donors (Lipinski definition) is 1. The summed E-state index contributed by atoms with van der Waals surface area (Å²) >= 11 is 0. The molecule has 2 aromatic heterocycles. The molecule has 0 saturated carbocycles.